The molecule has 0 aliphatic carbocycles. The molecule has 0 spiro atoms. The molecule has 28 heavy (non-hydrogen) atoms. The predicted octanol–water partition coefficient (Wildman–Crippen LogP) is 3.95. The maximum atomic E-state index is 11.3. The van der Waals surface area contributed by atoms with Crippen LogP contribution in [0, 0.1) is 12.8 Å². The van der Waals surface area contributed by atoms with Gasteiger partial charge >= 0.3 is 5.97 Å². The van der Waals surface area contributed by atoms with Crippen LogP contribution in [0.1, 0.15) is 18.4 Å². The zero-order valence-corrected chi connectivity index (χ0v) is 16.3. The van der Waals surface area contributed by atoms with Crippen LogP contribution in [0.3, 0.4) is 0 Å². The Morgan fingerprint density at radius 2 is 2.18 bits per heavy atom. The normalized spacial score (nSPS) is 16.8. The molecule has 144 valence electrons. The largest absolute Gasteiger partial charge is 0.481 e. The molecule has 1 aliphatic rings. The Balaban J connectivity index is 1.51. The molecule has 2 N–H and O–H groups in total. The summed E-state index contributed by atoms with van der Waals surface area (Å²) in [6.07, 6.45) is 5.17. The molecular formula is C20H21N5O2S. The van der Waals surface area contributed by atoms with Crippen molar-refractivity contribution < 1.29 is 9.90 Å². The van der Waals surface area contributed by atoms with E-state index in [0.717, 1.165) is 52.3 Å². The minimum atomic E-state index is -0.730. The lowest BCUT2D eigenvalue weighted by Crippen LogP contribution is -2.38. The average Bonchev–Trinajstić information content (AvgIpc) is 3.19. The topological polar surface area (TPSA) is 91.2 Å². The summed E-state index contributed by atoms with van der Waals surface area (Å²) in [4.78, 5) is 27.8. The maximum absolute atomic E-state index is 11.3. The number of rotatable bonds is 5. The highest BCUT2D eigenvalue weighted by Gasteiger charge is 2.27. The first kappa shape index (κ1) is 18.4. The van der Waals surface area contributed by atoms with Gasteiger partial charge in [0.2, 0.25) is 0 Å². The third-order valence-electron chi connectivity index (χ3n) is 4.71. The Labute approximate surface area is 167 Å². The first-order valence-electron chi connectivity index (χ1n) is 9.19. The molecule has 0 unspecified atom stereocenters. The van der Waals surface area contributed by atoms with Gasteiger partial charge in [-0.3, -0.25) is 4.79 Å². The van der Waals surface area contributed by atoms with Crippen molar-refractivity contribution in [1.82, 2.24) is 15.0 Å². The zero-order chi connectivity index (χ0) is 19.5. The quantitative estimate of drug-likeness (QED) is 0.676. The van der Waals surface area contributed by atoms with Gasteiger partial charge in [-0.05, 0) is 49.6 Å². The lowest BCUT2D eigenvalue weighted by molar-refractivity contribution is -0.141. The minimum absolute atomic E-state index is 0.325. The third kappa shape index (κ3) is 4.12. The summed E-state index contributed by atoms with van der Waals surface area (Å²) in [5, 5.41) is 13.4. The Kier molecular flexibility index (Phi) is 5.21. The molecule has 3 aromatic rings. The number of nitrogens with zero attached hydrogens (tertiary/aromatic N) is 4. The van der Waals surface area contributed by atoms with E-state index in [1.807, 2.05) is 37.3 Å². The van der Waals surface area contributed by atoms with Crippen LogP contribution in [0.2, 0.25) is 0 Å². The van der Waals surface area contributed by atoms with E-state index in [1.165, 1.54) is 11.3 Å². The van der Waals surface area contributed by atoms with Gasteiger partial charge in [-0.1, -0.05) is 17.4 Å². The van der Waals surface area contributed by atoms with Gasteiger partial charge in [0.15, 0.2) is 5.13 Å². The number of anilines is 3. The third-order valence-corrected chi connectivity index (χ3v) is 5.79. The number of aryl methyl sites for hydroxylation is 1. The summed E-state index contributed by atoms with van der Waals surface area (Å²) >= 11 is 1.54. The van der Waals surface area contributed by atoms with Crippen molar-refractivity contribution in [2.24, 2.45) is 5.92 Å². The molecule has 0 aromatic carbocycles. The summed E-state index contributed by atoms with van der Waals surface area (Å²) < 4.78 is 0. The molecule has 0 saturated carbocycles. The van der Waals surface area contributed by atoms with Gasteiger partial charge in [0.1, 0.15) is 11.6 Å². The van der Waals surface area contributed by atoms with Crippen molar-refractivity contribution in [3.8, 4) is 10.6 Å². The Morgan fingerprint density at radius 3 is 3.00 bits per heavy atom. The van der Waals surface area contributed by atoms with E-state index < -0.39 is 5.97 Å². The molecule has 0 bridgehead atoms. The molecule has 1 saturated heterocycles. The number of hydrogen-bond donors (Lipinski definition) is 2. The summed E-state index contributed by atoms with van der Waals surface area (Å²) in [5.41, 5.74) is 1.95. The highest BCUT2D eigenvalue weighted by molar-refractivity contribution is 7.18. The first-order chi connectivity index (χ1) is 13.6. The monoisotopic (exact) mass is 395 g/mol. The van der Waals surface area contributed by atoms with E-state index >= 15 is 0 Å². The van der Waals surface area contributed by atoms with Gasteiger partial charge in [0.25, 0.3) is 0 Å². The number of nitrogens with one attached hydrogen (secondary N) is 1. The van der Waals surface area contributed by atoms with Crippen LogP contribution in [-0.2, 0) is 4.79 Å². The Hall–Kier alpha value is -3.00. The van der Waals surface area contributed by atoms with Crippen molar-refractivity contribution in [2.45, 2.75) is 19.8 Å². The van der Waals surface area contributed by atoms with Gasteiger partial charge in [-0.15, -0.1) is 0 Å². The lowest BCUT2D eigenvalue weighted by Gasteiger charge is -2.30. The predicted molar refractivity (Wildman–Crippen MR) is 110 cm³/mol. The van der Waals surface area contributed by atoms with E-state index in [9.17, 15) is 9.90 Å². The zero-order valence-electron chi connectivity index (χ0n) is 15.5. The van der Waals surface area contributed by atoms with Crippen molar-refractivity contribution in [3.05, 3.63) is 48.3 Å². The van der Waals surface area contributed by atoms with Gasteiger partial charge in [-0.25, -0.2) is 15.0 Å². The molecule has 1 atom stereocenters. The van der Waals surface area contributed by atoms with Gasteiger partial charge in [-0.2, -0.15) is 0 Å². The number of carboxylic acid groups (broad SMARTS) is 1. The SMILES string of the molecule is Cc1ccnc(Nc2cccc(-c3cnc(N4CCC[C@@H](C(=O)O)C4)s3)n2)c1. The van der Waals surface area contributed by atoms with Crippen LogP contribution in [0.4, 0.5) is 16.8 Å². The first-order valence-corrected chi connectivity index (χ1v) is 10.0. The van der Waals surface area contributed by atoms with E-state index in [2.05, 4.69) is 25.2 Å². The summed E-state index contributed by atoms with van der Waals surface area (Å²) in [5.74, 6) is 0.414. The summed E-state index contributed by atoms with van der Waals surface area (Å²) in [7, 11) is 0. The Morgan fingerprint density at radius 1 is 1.29 bits per heavy atom. The van der Waals surface area contributed by atoms with Crippen LogP contribution >= 0.6 is 11.3 Å². The van der Waals surface area contributed by atoms with Crippen LogP contribution in [-0.4, -0.2) is 39.1 Å². The van der Waals surface area contributed by atoms with Crippen molar-refractivity contribution in [3.63, 3.8) is 0 Å². The number of piperidine rings is 1. The molecule has 4 rings (SSSR count). The second-order valence-electron chi connectivity index (χ2n) is 6.88. The fourth-order valence-electron chi connectivity index (χ4n) is 3.26. The smallest absolute Gasteiger partial charge is 0.308 e. The molecule has 7 nitrogen and oxygen atoms in total. The summed E-state index contributed by atoms with van der Waals surface area (Å²) in [6.45, 7) is 3.37. The number of carboxylic acids is 1. The van der Waals surface area contributed by atoms with Crippen LogP contribution in [0.5, 0.6) is 0 Å². The fourth-order valence-corrected chi connectivity index (χ4v) is 4.18. The van der Waals surface area contributed by atoms with E-state index in [-0.39, 0.29) is 5.92 Å². The van der Waals surface area contributed by atoms with Crippen LogP contribution < -0.4 is 10.2 Å². The summed E-state index contributed by atoms with van der Waals surface area (Å²) in [6, 6.07) is 9.71. The number of aromatic nitrogens is 3. The standard InChI is InChI=1S/C20H21N5O2S/c1-13-7-8-21-18(10-13)24-17-6-2-5-15(23-17)16-11-22-20(28-16)25-9-3-4-14(12-25)19(26)27/h2,5-8,10-11,14H,3-4,9,12H2,1H3,(H,26,27)(H,21,23,24)/t14-/m1/s1. The van der Waals surface area contributed by atoms with E-state index in [1.54, 1.807) is 12.4 Å². The number of thiazole rings is 1. The number of aliphatic carboxylic acids is 1. The fraction of sp³-hybridized carbons (Fsp3) is 0.300. The van der Waals surface area contributed by atoms with E-state index in [0.29, 0.717) is 6.54 Å². The number of hydrogen-bond acceptors (Lipinski definition) is 7. The van der Waals surface area contributed by atoms with Gasteiger partial charge < -0.3 is 15.3 Å². The highest BCUT2D eigenvalue weighted by atomic mass is 32.1. The Bertz CT molecular complexity index is 990. The molecule has 1 aliphatic heterocycles. The van der Waals surface area contributed by atoms with E-state index in [4.69, 9.17) is 0 Å². The molecule has 4 heterocycles. The van der Waals surface area contributed by atoms with Crippen LogP contribution in [0.25, 0.3) is 10.6 Å². The second kappa shape index (κ2) is 7.93. The molecule has 8 heteroatoms. The van der Waals surface area contributed by atoms with Crippen LogP contribution in [0.15, 0.2) is 42.7 Å². The molecule has 1 fully saturated rings. The number of pyridine rings is 2. The maximum Gasteiger partial charge on any atom is 0.308 e. The molecular weight excluding hydrogens is 374 g/mol. The van der Waals surface area contributed by atoms with Crippen molar-refractivity contribution >= 4 is 34.1 Å². The minimum Gasteiger partial charge on any atom is -0.481 e. The molecule has 0 radical (unpaired) electrons. The molecule has 3 aromatic heterocycles. The van der Waals surface area contributed by atoms with Crippen molar-refractivity contribution in [2.75, 3.05) is 23.3 Å². The van der Waals surface area contributed by atoms with Gasteiger partial charge in [0, 0.05) is 25.5 Å². The van der Waals surface area contributed by atoms with Crippen molar-refractivity contribution in [1.29, 1.82) is 0 Å². The second-order valence-corrected chi connectivity index (χ2v) is 7.89. The lowest BCUT2D eigenvalue weighted by atomic mass is 9.99. The highest BCUT2D eigenvalue weighted by Crippen LogP contribution is 2.33. The number of carbonyl (C=O) groups is 1. The average molecular weight is 395 g/mol. The molecule has 0 amide bonds. The van der Waals surface area contributed by atoms with Gasteiger partial charge in [0.05, 0.1) is 16.5 Å².